The minimum Gasteiger partial charge on any atom is -0.258 e. The van der Waals surface area contributed by atoms with Gasteiger partial charge in [-0.2, -0.15) is 5.26 Å². The number of rotatable bonds is 2. The molecule has 72 valence electrons. The van der Waals surface area contributed by atoms with Gasteiger partial charge in [0.25, 0.3) is 5.69 Å². The Morgan fingerprint density at radius 2 is 2.29 bits per heavy atom. The summed E-state index contributed by atoms with van der Waals surface area (Å²) in [6.07, 6.45) is 0. The van der Waals surface area contributed by atoms with Crippen molar-refractivity contribution in [1.82, 2.24) is 0 Å². The zero-order chi connectivity index (χ0) is 10.7. The van der Waals surface area contributed by atoms with Gasteiger partial charge < -0.3 is 0 Å². The van der Waals surface area contributed by atoms with Gasteiger partial charge in [0, 0.05) is 11.9 Å². The zero-order valence-electron chi connectivity index (χ0n) is 7.45. The third-order valence-corrected chi connectivity index (χ3v) is 2.08. The van der Waals surface area contributed by atoms with E-state index >= 15 is 0 Å². The van der Waals surface area contributed by atoms with Gasteiger partial charge in [-0.3, -0.25) is 10.1 Å². The fourth-order valence-corrected chi connectivity index (χ4v) is 1.43. The Labute approximate surface area is 85.9 Å². The van der Waals surface area contributed by atoms with Crippen LogP contribution in [0.2, 0.25) is 0 Å². The molecule has 0 aromatic heterocycles. The Balaban J connectivity index is 3.49. The number of aryl methyl sites for hydroxylation is 1. The lowest BCUT2D eigenvalue weighted by atomic mass is 10.0. The summed E-state index contributed by atoms with van der Waals surface area (Å²) < 4.78 is 0. The van der Waals surface area contributed by atoms with E-state index in [1.54, 1.807) is 19.1 Å². The lowest BCUT2D eigenvalue weighted by Crippen LogP contribution is -1.97. The van der Waals surface area contributed by atoms with Gasteiger partial charge in [0.1, 0.15) is 11.6 Å². The number of alkyl halides is 1. The van der Waals surface area contributed by atoms with Crippen LogP contribution in [0.25, 0.3) is 0 Å². The second kappa shape index (κ2) is 4.07. The van der Waals surface area contributed by atoms with Gasteiger partial charge >= 0.3 is 0 Å². The van der Waals surface area contributed by atoms with Gasteiger partial charge in [0.05, 0.1) is 4.92 Å². The average Bonchev–Trinajstić information content (AvgIpc) is 2.16. The van der Waals surface area contributed by atoms with Crippen LogP contribution in [0.3, 0.4) is 0 Å². The highest BCUT2D eigenvalue weighted by Gasteiger charge is 2.17. The first-order valence-electron chi connectivity index (χ1n) is 3.84. The molecule has 0 atom stereocenters. The number of hydrogen-bond acceptors (Lipinski definition) is 3. The van der Waals surface area contributed by atoms with Crippen LogP contribution in [-0.2, 0) is 5.88 Å². The van der Waals surface area contributed by atoms with Crippen molar-refractivity contribution in [2.45, 2.75) is 12.8 Å². The molecule has 0 bridgehead atoms. The molecule has 0 saturated heterocycles. The Hall–Kier alpha value is -1.60. The summed E-state index contributed by atoms with van der Waals surface area (Å²) in [7, 11) is 0. The number of benzene rings is 1. The first kappa shape index (κ1) is 10.5. The van der Waals surface area contributed by atoms with Crippen LogP contribution in [0, 0.1) is 28.4 Å². The van der Waals surface area contributed by atoms with Crippen LogP contribution in [-0.4, -0.2) is 4.92 Å². The van der Waals surface area contributed by atoms with Crippen LogP contribution < -0.4 is 0 Å². The SMILES string of the molecule is Cc1cc(CCl)c(C#N)c([N+](=O)[O-])c1. The minimum atomic E-state index is -0.568. The molecule has 0 saturated carbocycles. The van der Waals surface area contributed by atoms with Crippen molar-refractivity contribution >= 4 is 17.3 Å². The number of halogens is 1. The van der Waals surface area contributed by atoms with Gasteiger partial charge in [-0.1, -0.05) is 6.07 Å². The van der Waals surface area contributed by atoms with E-state index in [1.165, 1.54) is 6.07 Å². The molecule has 5 heteroatoms. The number of hydrogen-bond donors (Lipinski definition) is 0. The summed E-state index contributed by atoms with van der Waals surface area (Å²) in [6.45, 7) is 1.73. The quantitative estimate of drug-likeness (QED) is 0.428. The monoisotopic (exact) mass is 210 g/mol. The van der Waals surface area contributed by atoms with E-state index in [2.05, 4.69) is 0 Å². The van der Waals surface area contributed by atoms with Gasteiger partial charge in [-0.15, -0.1) is 11.6 Å². The topological polar surface area (TPSA) is 66.9 Å². The highest BCUT2D eigenvalue weighted by Crippen LogP contribution is 2.24. The van der Waals surface area contributed by atoms with Crippen molar-refractivity contribution in [3.8, 4) is 6.07 Å². The highest BCUT2D eigenvalue weighted by molar-refractivity contribution is 6.17. The van der Waals surface area contributed by atoms with E-state index in [0.717, 1.165) is 5.56 Å². The minimum absolute atomic E-state index is 0.0515. The van der Waals surface area contributed by atoms with E-state index in [9.17, 15) is 10.1 Å². The summed E-state index contributed by atoms with van der Waals surface area (Å²) >= 11 is 5.59. The molecule has 1 aromatic carbocycles. The molecular formula is C9H7ClN2O2. The number of nitrogens with zero attached hydrogens (tertiary/aromatic N) is 2. The normalized spacial score (nSPS) is 9.50. The van der Waals surface area contributed by atoms with Crippen molar-refractivity contribution in [2.75, 3.05) is 0 Å². The van der Waals surface area contributed by atoms with Crippen molar-refractivity contribution in [3.63, 3.8) is 0 Å². The average molecular weight is 211 g/mol. The molecule has 0 unspecified atom stereocenters. The van der Waals surface area contributed by atoms with E-state index in [-0.39, 0.29) is 17.1 Å². The molecule has 4 nitrogen and oxygen atoms in total. The molecular weight excluding hydrogens is 204 g/mol. The van der Waals surface area contributed by atoms with E-state index < -0.39 is 4.92 Å². The largest absolute Gasteiger partial charge is 0.287 e. The Morgan fingerprint density at radius 1 is 1.64 bits per heavy atom. The highest BCUT2D eigenvalue weighted by atomic mass is 35.5. The molecule has 0 spiro atoms. The molecule has 1 aromatic rings. The molecule has 1 rings (SSSR count). The Bertz CT molecular complexity index is 424. The van der Waals surface area contributed by atoms with Crippen LogP contribution in [0.15, 0.2) is 12.1 Å². The molecule has 0 aliphatic heterocycles. The van der Waals surface area contributed by atoms with E-state index in [0.29, 0.717) is 5.56 Å². The zero-order valence-corrected chi connectivity index (χ0v) is 8.21. The second-order valence-electron chi connectivity index (χ2n) is 2.82. The van der Waals surface area contributed by atoms with Crippen LogP contribution >= 0.6 is 11.6 Å². The maximum Gasteiger partial charge on any atom is 0.287 e. The van der Waals surface area contributed by atoms with Gasteiger partial charge in [0.2, 0.25) is 0 Å². The Morgan fingerprint density at radius 3 is 2.71 bits per heavy atom. The smallest absolute Gasteiger partial charge is 0.258 e. The first-order chi connectivity index (χ1) is 6.60. The summed E-state index contributed by atoms with van der Waals surface area (Å²) in [4.78, 5) is 10.0. The molecule has 0 fully saturated rings. The van der Waals surface area contributed by atoms with Crippen LogP contribution in [0.4, 0.5) is 5.69 Å². The summed E-state index contributed by atoms with van der Waals surface area (Å²) in [5.74, 6) is 0.103. The maximum atomic E-state index is 10.6. The van der Waals surface area contributed by atoms with Gasteiger partial charge in [0.15, 0.2) is 0 Å². The number of nitro groups is 1. The summed E-state index contributed by atoms with van der Waals surface area (Å²) in [6, 6.07) is 4.85. The van der Waals surface area contributed by atoms with Gasteiger partial charge in [-0.05, 0) is 18.1 Å². The number of nitriles is 1. The molecule has 0 aliphatic carbocycles. The fourth-order valence-electron chi connectivity index (χ4n) is 1.22. The van der Waals surface area contributed by atoms with E-state index in [1.807, 2.05) is 0 Å². The summed E-state index contributed by atoms with van der Waals surface area (Å²) in [5.41, 5.74) is 1.10. The molecule has 0 N–H and O–H groups in total. The van der Waals surface area contributed by atoms with E-state index in [4.69, 9.17) is 16.9 Å². The van der Waals surface area contributed by atoms with Crippen LogP contribution in [0.5, 0.6) is 0 Å². The fraction of sp³-hybridized carbons (Fsp3) is 0.222. The Kier molecular flexibility index (Phi) is 3.05. The lowest BCUT2D eigenvalue weighted by molar-refractivity contribution is -0.385. The molecule has 0 heterocycles. The molecule has 0 aliphatic rings. The van der Waals surface area contributed by atoms with Crippen molar-refractivity contribution in [1.29, 1.82) is 5.26 Å². The number of nitro benzene ring substituents is 1. The van der Waals surface area contributed by atoms with Gasteiger partial charge in [-0.25, -0.2) is 0 Å². The third kappa shape index (κ3) is 1.83. The second-order valence-corrected chi connectivity index (χ2v) is 3.09. The molecule has 0 radical (unpaired) electrons. The standard InChI is InChI=1S/C9H7ClN2O2/c1-6-2-7(4-10)8(5-11)9(3-6)12(13)14/h2-3H,4H2,1H3. The maximum absolute atomic E-state index is 10.6. The summed E-state index contributed by atoms with van der Waals surface area (Å²) in [5, 5.41) is 19.4. The predicted octanol–water partition coefficient (Wildman–Crippen LogP) is 2.51. The molecule has 0 amide bonds. The van der Waals surface area contributed by atoms with Crippen molar-refractivity contribution in [3.05, 3.63) is 38.9 Å². The van der Waals surface area contributed by atoms with Crippen LogP contribution in [0.1, 0.15) is 16.7 Å². The predicted molar refractivity (Wildman–Crippen MR) is 52.1 cm³/mol. The lowest BCUT2D eigenvalue weighted by Gasteiger charge is -2.02. The molecule has 14 heavy (non-hydrogen) atoms. The van der Waals surface area contributed by atoms with Crippen molar-refractivity contribution < 1.29 is 4.92 Å². The van der Waals surface area contributed by atoms with Crippen molar-refractivity contribution in [2.24, 2.45) is 0 Å². The third-order valence-electron chi connectivity index (χ3n) is 1.80. The first-order valence-corrected chi connectivity index (χ1v) is 4.37.